The molecule has 16 heavy (non-hydrogen) atoms. The van der Waals surface area contributed by atoms with Crippen LogP contribution in [0.1, 0.15) is 12.8 Å². The molecule has 0 spiro atoms. The Labute approximate surface area is 97.9 Å². The number of fused-ring (bicyclic) bond motifs is 1. The van der Waals surface area contributed by atoms with Crippen molar-refractivity contribution in [3.63, 3.8) is 0 Å². The van der Waals surface area contributed by atoms with Crippen LogP contribution in [0.25, 0.3) is 11.2 Å². The van der Waals surface area contributed by atoms with Gasteiger partial charge in [-0.2, -0.15) is 0 Å². The molecule has 1 fully saturated rings. The fourth-order valence-corrected chi connectivity index (χ4v) is 2.57. The van der Waals surface area contributed by atoms with Crippen molar-refractivity contribution < 1.29 is 0 Å². The van der Waals surface area contributed by atoms with Gasteiger partial charge in [0.05, 0.1) is 6.33 Å². The monoisotopic (exact) mass is 237 g/mol. The summed E-state index contributed by atoms with van der Waals surface area (Å²) in [6, 6.07) is 0.378. The van der Waals surface area contributed by atoms with E-state index in [0.717, 1.165) is 30.7 Å². The van der Waals surface area contributed by atoms with Crippen LogP contribution < -0.4 is 4.90 Å². The van der Waals surface area contributed by atoms with E-state index in [-0.39, 0.29) is 0 Å². The van der Waals surface area contributed by atoms with Crippen LogP contribution in [0, 0.1) is 0 Å². The standard InChI is InChI=1S/C10H12ClN5/c11-4-7-2-1-3-16(7)10-8-9(13-5-12-8)14-6-15-10/h5-7H,1-4H2,(H,12,13,14,15). The van der Waals surface area contributed by atoms with Gasteiger partial charge in [0.15, 0.2) is 11.5 Å². The third kappa shape index (κ3) is 1.43. The second kappa shape index (κ2) is 3.90. The molecule has 5 nitrogen and oxygen atoms in total. The average Bonchev–Trinajstić information content (AvgIpc) is 2.96. The smallest absolute Gasteiger partial charge is 0.182 e. The molecule has 1 aliphatic rings. The van der Waals surface area contributed by atoms with E-state index >= 15 is 0 Å². The van der Waals surface area contributed by atoms with Crippen molar-refractivity contribution in [2.75, 3.05) is 17.3 Å². The van der Waals surface area contributed by atoms with Crippen LogP contribution in [0.5, 0.6) is 0 Å². The fourth-order valence-electron chi connectivity index (χ4n) is 2.25. The summed E-state index contributed by atoms with van der Waals surface area (Å²) in [6.45, 7) is 1.00. The molecule has 1 aliphatic heterocycles. The first kappa shape index (κ1) is 9.84. The molecular weight excluding hydrogens is 226 g/mol. The van der Waals surface area contributed by atoms with Gasteiger partial charge < -0.3 is 9.88 Å². The van der Waals surface area contributed by atoms with E-state index in [1.165, 1.54) is 0 Å². The number of aromatic nitrogens is 4. The topological polar surface area (TPSA) is 57.7 Å². The van der Waals surface area contributed by atoms with Crippen LogP contribution in [-0.2, 0) is 0 Å². The summed E-state index contributed by atoms with van der Waals surface area (Å²) in [5.74, 6) is 1.56. The first-order valence-electron chi connectivity index (χ1n) is 5.37. The molecule has 1 atom stereocenters. The predicted octanol–water partition coefficient (Wildman–Crippen LogP) is 1.56. The van der Waals surface area contributed by atoms with Crippen molar-refractivity contribution >= 4 is 28.6 Å². The van der Waals surface area contributed by atoms with Gasteiger partial charge in [0.1, 0.15) is 11.8 Å². The first-order valence-corrected chi connectivity index (χ1v) is 5.90. The minimum atomic E-state index is 0.378. The maximum atomic E-state index is 5.97. The summed E-state index contributed by atoms with van der Waals surface area (Å²) >= 11 is 5.97. The second-order valence-electron chi connectivity index (χ2n) is 3.94. The van der Waals surface area contributed by atoms with Gasteiger partial charge in [-0.15, -0.1) is 11.6 Å². The van der Waals surface area contributed by atoms with Gasteiger partial charge in [-0.25, -0.2) is 15.0 Å². The zero-order valence-electron chi connectivity index (χ0n) is 8.73. The number of H-pyrrole nitrogens is 1. The Morgan fingerprint density at radius 2 is 2.38 bits per heavy atom. The molecule has 1 unspecified atom stereocenters. The molecule has 84 valence electrons. The molecule has 0 radical (unpaired) electrons. The minimum absolute atomic E-state index is 0.378. The number of hydrogen-bond acceptors (Lipinski definition) is 4. The lowest BCUT2D eigenvalue weighted by Gasteiger charge is -2.23. The van der Waals surface area contributed by atoms with Crippen LogP contribution in [0.3, 0.4) is 0 Å². The van der Waals surface area contributed by atoms with Gasteiger partial charge in [0.25, 0.3) is 0 Å². The SMILES string of the molecule is ClCC1CCCN1c1ncnc2nc[nH]c12. The number of imidazole rings is 1. The number of nitrogens with one attached hydrogen (secondary N) is 1. The Morgan fingerprint density at radius 3 is 3.25 bits per heavy atom. The average molecular weight is 238 g/mol. The third-order valence-corrected chi connectivity index (χ3v) is 3.39. The van der Waals surface area contributed by atoms with Gasteiger partial charge in [0, 0.05) is 18.5 Å². The van der Waals surface area contributed by atoms with Crippen molar-refractivity contribution in [3.05, 3.63) is 12.7 Å². The maximum Gasteiger partial charge on any atom is 0.182 e. The quantitative estimate of drug-likeness (QED) is 0.806. The summed E-state index contributed by atoms with van der Waals surface area (Å²) in [6.07, 6.45) is 5.50. The summed E-state index contributed by atoms with van der Waals surface area (Å²) in [5, 5.41) is 0. The normalized spacial score (nSPS) is 20.8. The van der Waals surface area contributed by atoms with Gasteiger partial charge in [-0.05, 0) is 12.8 Å². The largest absolute Gasteiger partial charge is 0.351 e. The highest BCUT2D eigenvalue weighted by molar-refractivity contribution is 6.18. The zero-order chi connectivity index (χ0) is 11.0. The highest BCUT2D eigenvalue weighted by Crippen LogP contribution is 2.28. The number of aromatic amines is 1. The summed E-state index contributed by atoms with van der Waals surface area (Å²) in [7, 11) is 0. The lowest BCUT2D eigenvalue weighted by molar-refractivity contribution is 0.734. The molecule has 2 aromatic rings. The van der Waals surface area contributed by atoms with Crippen molar-refractivity contribution in [2.45, 2.75) is 18.9 Å². The van der Waals surface area contributed by atoms with Crippen molar-refractivity contribution in [1.82, 2.24) is 19.9 Å². The Hall–Kier alpha value is -1.36. The van der Waals surface area contributed by atoms with Crippen LogP contribution in [0.2, 0.25) is 0 Å². The van der Waals surface area contributed by atoms with Crippen LogP contribution in [-0.4, -0.2) is 38.4 Å². The number of hydrogen-bond donors (Lipinski definition) is 1. The van der Waals surface area contributed by atoms with Crippen molar-refractivity contribution in [1.29, 1.82) is 0 Å². The maximum absolute atomic E-state index is 5.97. The Balaban J connectivity index is 2.07. The highest BCUT2D eigenvalue weighted by atomic mass is 35.5. The molecule has 0 aromatic carbocycles. The molecule has 6 heteroatoms. The van der Waals surface area contributed by atoms with E-state index in [1.807, 2.05) is 0 Å². The molecular formula is C10H12ClN5. The van der Waals surface area contributed by atoms with Gasteiger partial charge in [0.2, 0.25) is 0 Å². The molecule has 3 heterocycles. The number of alkyl halides is 1. The van der Waals surface area contributed by atoms with E-state index in [0.29, 0.717) is 17.6 Å². The van der Waals surface area contributed by atoms with Gasteiger partial charge in [-0.1, -0.05) is 0 Å². The predicted molar refractivity (Wildman–Crippen MR) is 62.8 cm³/mol. The highest BCUT2D eigenvalue weighted by Gasteiger charge is 2.26. The van der Waals surface area contributed by atoms with Crippen LogP contribution in [0.4, 0.5) is 5.82 Å². The van der Waals surface area contributed by atoms with E-state index in [1.54, 1.807) is 12.7 Å². The summed E-state index contributed by atoms with van der Waals surface area (Å²) < 4.78 is 0. The van der Waals surface area contributed by atoms with E-state index in [9.17, 15) is 0 Å². The Kier molecular flexibility index (Phi) is 2.40. The molecule has 0 bridgehead atoms. The number of rotatable bonds is 2. The lowest BCUT2D eigenvalue weighted by atomic mass is 10.2. The molecule has 0 saturated carbocycles. The Morgan fingerprint density at radius 1 is 1.44 bits per heavy atom. The van der Waals surface area contributed by atoms with E-state index in [2.05, 4.69) is 24.8 Å². The molecule has 0 amide bonds. The van der Waals surface area contributed by atoms with Crippen LogP contribution >= 0.6 is 11.6 Å². The summed E-state index contributed by atoms with van der Waals surface area (Å²) in [4.78, 5) is 17.9. The van der Waals surface area contributed by atoms with Crippen LogP contribution in [0.15, 0.2) is 12.7 Å². The molecule has 3 rings (SSSR count). The lowest BCUT2D eigenvalue weighted by Crippen LogP contribution is -2.31. The molecule has 0 aliphatic carbocycles. The summed E-state index contributed by atoms with van der Waals surface area (Å²) in [5.41, 5.74) is 1.62. The number of nitrogens with zero attached hydrogens (tertiary/aromatic N) is 4. The molecule has 1 saturated heterocycles. The van der Waals surface area contributed by atoms with Crippen molar-refractivity contribution in [2.24, 2.45) is 0 Å². The van der Waals surface area contributed by atoms with E-state index < -0.39 is 0 Å². The second-order valence-corrected chi connectivity index (χ2v) is 4.25. The van der Waals surface area contributed by atoms with Crippen molar-refractivity contribution in [3.8, 4) is 0 Å². The number of halogens is 1. The Bertz CT molecular complexity index is 497. The molecule has 1 N–H and O–H groups in total. The van der Waals surface area contributed by atoms with Gasteiger partial charge >= 0.3 is 0 Å². The third-order valence-electron chi connectivity index (χ3n) is 3.03. The minimum Gasteiger partial charge on any atom is -0.351 e. The molecule has 2 aromatic heterocycles. The zero-order valence-corrected chi connectivity index (χ0v) is 9.48. The van der Waals surface area contributed by atoms with E-state index in [4.69, 9.17) is 11.6 Å². The fraction of sp³-hybridized carbons (Fsp3) is 0.500. The first-order chi connectivity index (χ1) is 7.90. The number of anilines is 1. The van der Waals surface area contributed by atoms with Gasteiger partial charge in [-0.3, -0.25) is 0 Å².